The van der Waals surface area contributed by atoms with Gasteiger partial charge in [-0.1, -0.05) is 24.6 Å². The van der Waals surface area contributed by atoms with Crippen LogP contribution < -0.4 is 4.74 Å². The quantitative estimate of drug-likeness (QED) is 0.175. The lowest BCUT2D eigenvalue weighted by Crippen LogP contribution is -2.30. The molecule has 2 nitrogen and oxygen atoms in total. The number of allylic oxidation sites excluding steroid dienone is 1. The van der Waals surface area contributed by atoms with Crippen LogP contribution in [0, 0.1) is 29.4 Å². The molecule has 2 fully saturated rings. The van der Waals surface area contributed by atoms with Crippen LogP contribution >= 0.6 is 0 Å². The minimum absolute atomic E-state index is 0.158. The summed E-state index contributed by atoms with van der Waals surface area (Å²) in [5.41, 5.74) is -0.715. The molecule has 0 aromatic heterocycles. The third-order valence-corrected chi connectivity index (χ3v) is 7.63. The predicted octanol–water partition coefficient (Wildman–Crippen LogP) is 8.47. The van der Waals surface area contributed by atoms with Crippen molar-refractivity contribution in [1.82, 2.24) is 0 Å². The molecule has 2 aliphatic rings. The average Bonchev–Trinajstić information content (AvgIpc) is 2.81. The number of hydrogen-bond acceptors (Lipinski definition) is 2. The Morgan fingerprint density at radius 3 is 2.23 bits per heavy atom. The summed E-state index contributed by atoms with van der Waals surface area (Å²) >= 11 is 0. The zero-order valence-corrected chi connectivity index (χ0v) is 19.4. The highest BCUT2D eigenvalue weighted by Gasteiger charge is 2.38. The van der Waals surface area contributed by atoms with Crippen molar-refractivity contribution in [1.29, 1.82) is 0 Å². The van der Waals surface area contributed by atoms with Crippen LogP contribution in [0.4, 0.5) is 22.0 Å². The molecular weight excluding hydrogens is 463 g/mol. The van der Waals surface area contributed by atoms with E-state index in [0.717, 1.165) is 42.6 Å². The van der Waals surface area contributed by atoms with Crippen molar-refractivity contribution in [3.63, 3.8) is 0 Å². The van der Waals surface area contributed by atoms with Crippen LogP contribution in [0.3, 0.4) is 0 Å². The number of halogens is 5. The number of fused-ring (bicyclic) bond motifs is 1. The van der Waals surface area contributed by atoms with E-state index in [1.165, 1.54) is 32.1 Å². The van der Waals surface area contributed by atoms with Crippen molar-refractivity contribution >= 4 is 5.97 Å². The number of ether oxygens (including phenoxy) is 1. The molecule has 7 heteroatoms. The van der Waals surface area contributed by atoms with E-state index in [0.29, 0.717) is 18.1 Å². The van der Waals surface area contributed by atoms with Crippen LogP contribution in [0.25, 0.3) is 0 Å². The van der Waals surface area contributed by atoms with Crippen LogP contribution in [0.2, 0.25) is 0 Å². The fourth-order valence-corrected chi connectivity index (χ4v) is 5.84. The summed E-state index contributed by atoms with van der Waals surface area (Å²) < 4.78 is 70.6. The summed E-state index contributed by atoms with van der Waals surface area (Å²) in [5.74, 6) is -2.44. The van der Waals surface area contributed by atoms with E-state index in [-0.39, 0.29) is 5.56 Å². The number of rotatable bonds is 6. The van der Waals surface area contributed by atoms with Crippen molar-refractivity contribution < 1.29 is 31.5 Å². The number of carbonyl (C=O) groups is 1. The molecule has 0 N–H and O–H groups in total. The molecule has 0 radical (unpaired) electrons. The highest BCUT2D eigenvalue weighted by Crippen LogP contribution is 2.48. The Labute approximate surface area is 202 Å². The smallest absolute Gasteiger partial charge is 0.422 e. The Kier molecular flexibility index (Phi) is 7.62. The Morgan fingerprint density at radius 1 is 0.971 bits per heavy atom. The summed E-state index contributed by atoms with van der Waals surface area (Å²) in [7, 11) is 0. The zero-order valence-electron chi connectivity index (χ0n) is 19.4. The van der Waals surface area contributed by atoms with Crippen molar-refractivity contribution in [3.8, 4) is 5.75 Å². The lowest BCUT2D eigenvalue weighted by Gasteiger charge is -2.42. The van der Waals surface area contributed by atoms with Crippen LogP contribution in [0.1, 0.15) is 78.8 Å². The van der Waals surface area contributed by atoms with E-state index >= 15 is 0 Å². The third kappa shape index (κ3) is 5.93. The summed E-state index contributed by atoms with van der Waals surface area (Å²) in [5, 5.41) is 0. The van der Waals surface area contributed by atoms with Gasteiger partial charge in [0.05, 0.1) is 5.56 Å². The van der Waals surface area contributed by atoms with Crippen molar-refractivity contribution in [2.24, 2.45) is 17.8 Å². The molecule has 0 aliphatic heterocycles. The largest absolute Gasteiger partial charge is 0.423 e. The van der Waals surface area contributed by atoms with Gasteiger partial charge in [0.25, 0.3) is 0 Å². The second-order valence-electron chi connectivity index (χ2n) is 9.85. The minimum atomic E-state index is -5.18. The first-order valence-electron chi connectivity index (χ1n) is 12.1. The zero-order chi connectivity index (χ0) is 25.2. The Hall–Kier alpha value is -2.70. The van der Waals surface area contributed by atoms with Crippen molar-refractivity contribution in [2.45, 2.75) is 63.5 Å². The van der Waals surface area contributed by atoms with Gasteiger partial charge >= 0.3 is 12.1 Å². The molecule has 4 rings (SSSR count). The van der Waals surface area contributed by atoms with E-state index < -0.39 is 35.1 Å². The molecule has 2 aromatic carbocycles. The molecule has 0 amide bonds. The first kappa shape index (κ1) is 25.4. The van der Waals surface area contributed by atoms with Gasteiger partial charge < -0.3 is 4.74 Å². The Balaban J connectivity index is 1.36. The molecule has 35 heavy (non-hydrogen) atoms. The molecule has 0 saturated heterocycles. The summed E-state index contributed by atoms with van der Waals surface area (Å²) in [6.45, 7) is 3.83. The first-order valence-corrected chi connectivity index (χ1v) is 12.1. The highest BCUT2D eigenvalue weighted by atomic mass is 19.4. The first-order chi connectivity index (χ1) is 16.7. The van der Waals surface area contributed by atoms with E-state index in [4.69, 9.17) is 4.74 Å². The standard InChI is InChI=1S/C28H29F5O2/c1-2-3-4-17-5-6-22-14-21(12-11-20(22)13-17)18-7-9-19(10-8-18)27(34)35-23-15-24(29)26(25(30)16-23)28(31,32)33/h2,7-10,15-17,20-22H,1,3-6,11-14H2. The molecule has 2 saturated carbocycles. The van der Waals surface area contributed by atoms with Gasteiger partial charge in [-0.15, -0.1) is 6.58 Å². The maximum absolute atomic E-state index is 13.8. The van der Waals surface area contributed by atoms with Gasteiger partial charge in [0, 0.05) is 12.1 Å². The monoisotopic (exact) mass is 492 g/mol. The van der Waals surface area contributed by atoms with Crippen LogP contribution in [-0.2, 0) is 6.18 Å². The average molecular weight is 493 g/mol. The van der Waals surface area contributed by atoms with Crippen LogP contribution in [0.5, 0.6) is 5.75 Å². The fraction of sp³-hybridized carbons (Fsp3) is 0.464. The van der Waals surface area contributed by atoms with Gasteiger partial charge in [0.1, 0.15) is 22.9 Å². The lowest BCUT2D eigenvalue weighted by molar-refractivity contribution is -0.142. The Morgan fingerprint density at radius 2 is 1.60 bits per heavy atom. The maximum atomic E-state index is 13.8. The maximum Gasteiger partial charge on any atom is 0.422 e. The minimum Gasteiger partial charge on any atom is -0.423 e. The molecule has 0 bridgehead atoms. The topological polar surface area (TPSA) is 26.3 Å². The van der Waals surface area contributed by atoms with E-state index in [2.05, 4.69) is 6.58 Å². The van der Waals surface area contributed by atoms with Crippen LogP contribution in [-0.4, -0.2) is 5.97 Å². The molecule has 2 aliphatic carbocycles. The highest BCUT2D eigenvalue weighted by molar-refractivity contribution is 5.91. The SMILES string of the molecule is C=CCCC1CCC2CC(c3ccc(C(=O)Oc4cc(F)c(C(F)(F)F)c(F)c4)cc3)CCC2C1. The second-order valence-corrected chi connectivity index (χ2v) is 9.85. The third-order valence-electron chi connectivity index (χ3n) is 7.63. The predicted molar refractivity (Wildman–Crippen MR) is 123 cm³/mol. The normalized spacial score (nSPS) is 24.5. The van der Waals surface area contributed by atoms with Crippen molar-refractivity contribution in [2.75, 3.05) is 0 Å². The fourth-order valence-electron chi connectivity index (χ4n) is 5.84. The van der Waals surface area contributed by atoms with Gasteiger partial charge in [0.2, 0.25) is 0 Å². The summed E-state index contributed by atoms with van der Waals surface area (Å²) in [6.07, 6.45) is 6.41. The van der Waals surface area contributed by atoms with Crippen LogP contribution in [0.15, 0.2) is 49.1 Å². The van der Waals surface area contributed by atoms with E-state index in [1.807, 2.05) is 18.2 Å². The van der Waals surface area contributed by atoms with Gasteiger partial charge in [-0.2, -0.15) is 13.2 Å². The second kappa shape index (κ2) is 10.5. The molecule has 0 spiro atoms. The van der Waals surface area contributed by atoms with E-state index in [9.17, 15) is 26.7 Å². The number of alkyl halides is 3. The molecule has 4 atom stereocenters. The number of esters is 1. The summed E-state index contributed by atoms with van der Waals surface area (Å²) in [6, 6.07) is 7.64. The molecule has 2 aromatic rings. The van der Waals surface area contributed by atoms with Gasteiger partial charge in [-0.05, 0) is 86.3 Å². The van der Waals surface area contributed by atoms with Gasteiger partial charge in [0.15, 0.2) is 0 Å². The van der Waals surface area contributed by atoms with Gasteiger partial charge in [-0.3, -0.25) is 0 Å². The molecule has 0 heterocycles. The van der Waals surface area contributed by atoms with E-state index in [1.54, 1.807) is 12.1 Å². The molecular formula is C28H29F5O2. The number of benzene rings is 2. The lowest BCUT2D eigenvalue weighted by atomic mass is 9.63. The van der Waals surface area contributed by atoms with Gasteiger partial charge in [-0.25, -0.2) is 13.6 Å². The number of hydrogen-bond donors (Lipinski definition) is 0. The summed E-state index contributed by atoms with van der Waals surface area (Å²) in [4.78, 5) is 12.4. The molecule has 4 unspecified atom stereocenters. The molecule has 188 valence electrons. The Bertz CT molecular complexity index is 1040. The number of carbonyl (C=O) groups excluding carboxylic acids is 1. The van der Waals surface area contributed by atoms with Crippen molar-refractivity contribution in [3.05, 3.63) is 77.4 Å².